The molecule has 1 aliphatic rings. The number of carbonyl (C=O) groups excluding carboxylic acids is 2. The predicted molar refractivity (Wildman–Crippen MR) is 132 cm³/mol. The van der Waals surface area contributed by atoms with Crippen LogP contribution in [0.5, 0.6) is 0 Å². The van der Waals surface area contributed by atoms with Gasteiger partial charge in [0.15, 0.2) is 0 Å². The number of nitrogens with zero attached hydrogens (tertiary/aromatic N) is 4. The summed E-state index contributed by atoms with van der Waals surface area (Å²) in [4.78, 5) is 29.6. The van der Waals surface area contributed by atoms with Gasteiger partial charge < -0.3 is 14.7 Å². The zero-order chi connectivity index (χ0) is 24.6. The summed E-state index contributed by atoms with van der Waals surface area (Å²) in [6.07, 6.45) is 0.506. The molecule has 3 aromatic rings. The third kappa shape index (κ3) is 6.26. The van der Waals surface area contributed by atoms with Crippen molar-refractivity contribution >= 4 is 17.8 Å². The van der Waals surface area contributed by atoms with Crippen LogP contribution in [0.15, 0.2) is 66.9 Å². The van der Waals surface area contributed by atoms with Crippen LogP contribution in [-0.2, 0) is 17.8 Å². The highest BCUT2D eigenvalue weighted by Gasteiger charge is 2.26. The highest BCUT2D eigenvalue weighted by Crippen LogP contribution is 2.22. The number of rotatable bonds is 8. The zero-order valence-electron chi connectivity index (χ0n) is 19.8. The summed E-state index contributed by atoms with van der Waals surface area (Å²) in [5.74, 6) is -0.355. The van der Waals surface area contributed by atoms with Crippen molar-refractivity contribution in [2.45, 2.75) is 26.1 Å². The summed E-state index contributed by atoms with van der Waals surface area (Å²) in [5.41, 5.74) is 2.11. The molecule has 1 atom stereocenters. The number of nitrogens with one attached hydrogen (secondary N) is 1. The number of hydrogen-bond donors (Lipinski definition) is 2. The molecule has 0 bridgehead atoms. The van der Waals surface area contributed by atoms with Crippen LogP contribution < -0.4 is 5.32 Å². The summed E-state index contributed by atoms with van der Waals surface area (Å²) >= 11 is 0. The maximum absolute atomic E-state index is 13.1. The van der Waals surface area contributed by atoms with Crippen LogP contribution in [0.25, 0.3) is 0 Å². The fourth-order valence-corrected chi connectivity index (χ4v) is 4.09. The third-order valence-electron chi connectivity index (χ3n) is 6.00. The Morgan fingerprint density at radius 3 is 2.34 bits per heavy atom. The normalized spacial score (nSPS) is 15.0. The first kappa shape index (κ1) is 24.4. The van der Waals surface area contributed by atoms with Crippen molar-refractivity contribution in [3.05, 3.63) is 83.6 Å². The number of benzene rings is 2. The van der Waals surface area contributed by atoms with Crippen LogP contribution in [0, 0.1) is 0 Å². The van der Waals surface area contributed by atoms with Gasteiger partial charge in [-0.2, -0.15) is 5.10 Å². The van der Waals surface area contributed by atoms with Crippen molar-refractivity contribution in [1.29, 1.82) is 0 Å². The van der Waals surface area contributed by atoms with Gasteiger partial charge in [-0.3, -0.25) is 10.2 Å². The van der Waals surface area contributed by atoms with Gasteiger partial charge in [-0.25, -0.2) is 14.3 Å². The molecule has 0 aliphatic carbocycles. The molecule has 0 saturated carbocycles. The van der Waals surface area contributed by atoms with E-state index in [4.69, 9.17) is 4.74 Å². The van der Waals surface area contributed by atoms with Gasteiger partial charge in [-0.15, -0.1) is 0 Å². The number of ether oxygens (including phenoxy) is 1. The van der Waals surface area contributed by atoms with Crippen molar-refractivity contribution in [2.24, 2.45) is 0 Å². The van der Waals surface area contributed by atoms with Gasteiger partial charge in [0.1, 0.15) is 11.4 Å². The fraction of sp³-hybridized carbons (Fsp3) is 0.346. The average Bonchev–Trinajstić information content (AvgIpc) is 3.27. The summed E-state index contributed by atoms with van der Waals surface area (Å²) in [5, 5.41) is 17.8. The lowest BCUT2D eigenvalue weighted by Crippen LogP contribution is -2.49. The molecule has 0 spiro atoms. The lowest BCUT2D eigenvalue weighted by atomic mass is 10.1. The molecule has 1 aromatic heterocycles. The summed E-state index contributed by atoms with van der Waals surface area (Å²) in [7, 11) is 0. The summed E-state index contributed by atoms with van der Waals surface area (Å²) in [6, 6.07) is 19.1. The van der Waals surface area contributed by atoms with Crippen LogP contribution in [0.1, 0.15) is 34.5 Å². The molecule has 2 aromatic carbocycles. The van der Waals surface area contributed by atoms with Gasteiger partial charge >= 0.3 is 12.0 Å². The number of piperazine rings is 1. The molecule has 1 aliphatic heterocycles. The molecule has 9 heteroatoms. The van der Waals surface area contributed by atoms with E-state index in [1.165, 1.54) is 16.4 Å². The molecule has 2 amide bonds. The predicted octanol–water partition coefficient (Wildman–Crippen LogP) is 3.14. The Balaban J connectivity index is 1.43. The van der Waals surface area contributed by atoms with E-state index < -0.39 is 12.1 Å². The van der Waals surface area contributed by atoms with Crippen molar-refractivity contribution in [3.63, 3.8) is 0 Å². The minimum Gasteiger partial charge on any atom is -0.462 e. The molecule has 4 rings (SSSR count). The number of amides is 2. The fourth-order valence-electron chi connectivity index (χ4n) is 4.09. The van der Waals surface area contributed by atoms with Crippen molar-refractivity contribution in [3.8, 4) is 0 Å². The molecule has 2 N–H and O–H groups in total. The standard InChI is InChI=1S/C26H31N5O4/c1-2-35-25(33)22-17-27-31(19-23(32)21-11-7-4-8-12-21)24(22)28-26(34)30-15-13-29(14-16-30)18-20-9-5-3-6-10-20/h3-12,17,23,32H,2,13-16,18-19H2,1H3,(H,28,34). The molecule has 184 valence electrons. The minimum atomic E-state index is -0.858. The quantitative estimate of drug-likeness (QED) is 0.484. The summed E-state index contributed by atoms with van der Waals surface area (Å²) in [6.45, 7) is 5.46. The number of aliphatic hydroxyl groups excluding tert-OH is 1. The maximum Gasteiger partial charge on any atom is 0.343 e. The number of hydrogen-bond acceptors (Lipinski definition) is 6. The van der Waals surface area contributed by atoms with Crippen LogP contribution in [-0.4, -0.2) is 69.5 Å². The lowest BCUT2D eigenvalue weighted by Gasteiger charge is -2.34. The summed E-state index contributed by atoms with van der Waals surface area (Å²) < 4.78 is 6.58. The highest BCUT2D eigenvalue weighted by molar-refractivity contribution is 5.99. The third-order valence-corrected chi connectivity index (χ3v) is 6.00. The van der Waals surface area contributed by atoms with Gasteiger partial charge in [-0.05, 0) is 18.1 Å². The Morgan fingerprint density at radius 2 is 1.69 bits per heavy atom. The zero-order valence-corrected chi connectivity index (χ0v) is 19.8. The highest BCUT2D eigenvalue weighted by atomic mass is 16.5. The molecule has 0 radical (unpaired) electrons. The van der Waals surface area contributed by atoms with Gasteiger partial charge in [0, 0.05) is 32.7 Å². The van der Waals surface area contributed by atoms with Crippen molar-refractivity contribution in [1.82, 2.24) is 19.6 Å². The van der Waals surface area contributed by atoms with Crippen LogP contribution in [0.4, 0.5) is 10.6 Å². The smallest absolute Gasteiger partial charge is 0.343 e. The van der Waals surface area contributed by atoms with E-state index in [1.54, 1.807) is 11.8 Å². The Labute approximate surface area is 204 Å². The maximum atomic E-state index is 13.1. The molecule has 1 saturated heterocycles. The number of urea groups is 1. The molecule has 2 heterocycles. The Hall–Kier alpha value is -3.69. The van der Waals surface area contributed by atoms with E-state index >= 15 is 0 Å². The Morgan fingerprint density at radius 1 is 1.03 bits per heavy atom. The topological polar surface area (TPSA) is 99.9 Å². The van der Waals surface area contributed by atoms with Crippen LogP contribution >= 0.6 is 0 Å². The number of aromatic nitrogens is 2. The first-order valence-corrected chi connectivity index (χ1v) is 11.8. The SMILES string of the molecule is CCOC(=O)c1cnn(CC(O)c2ccccc2)c1NC(=O)N1CCN(Cc2ccccc2)CC1. The minimum absolute atomic E-state index is 0.0733. The molecular weight excluding hydrogens is 446 g/mol. The first-order chi connectivity index (χ1) is 17.0. The van der Waals surface area contributed by atoms with Crippen LogP contribution in [0.3, 0.4) is 0 Å². The van der Waals surface area contributed by atoms with E-state index in [1.807, 2.05) is 48.5 Å². The van der Waals surface area contributed by atoms with Crippen LogP contribution in [0.2, 0.25) is 0 Å². The van der Waals surface area contributed by atoms with E-state index in [-0.39, 0.29) is 30.6 Å². The molecule has 1 fully saturated rings. The Bertz CT molecular complexity index is 1110. The first-order valence-electron chi connectivity index (χ1n) is 11.8. The molecular formula is C26H31N5O4. The van der Waals surface area contributed by atoms with Crippen molar-refractivity contribution in [2.75, 3.05) is 38.1 Å². The average molecular weight is 478 g/mol. The number of aliphatic hydroxyl groups is 1. The molecule has 9 nitrogen and oxygen atoms in total. The lowest BCUT2D eigenvalue weighted by molar-refractivity contribution is 0.0527. The Kier molecular flexibility index (Phi) is 8.12. The largest absolute Gasteiger partial charge is 0.462 e. The number of anilines is 1. The second-order valence-electron chi connectivity index (χ2n) is 8.41. The number of carbonyl (C=O) groups is 2. The number of esters is 1. The molecule has 35 heavy (non-hydrogen) atoms. The van der Waals surface area contributed by atoms with Crippen molar-refractivity contribution < 1.29 is 19.4 Å². The second kappa shape index (κ2) is 11.6. The van der Waals surface area contributed by atoms with Gasteiger partial charge in [0.05, 0.1) is 25.5 Å². The van der Waals surface area contributed by atoms with E-state index in [2.05, 4.69) is 27.4 Å². The van der Waals surface area contributed by atoms with Gasteiger partial charge in [0.25, 0.3) is 0 Å². The van der Waals surface area contributed by atoms with E-state index in [0.29, 0.717) is 18.7 Å². The van der Waals surface area contributed by atoms with Gasteiger partial charge in [0.2, 0.25) is 0 Å². The monoisotopic (exact) mass is 477 g/mol. The molecule has 1 unspecified atom stereocenters. The second-order valence-corrected chi connectivity index (χ2v) is 8.41. The van der Waals surface area contributed by atoms with E-state index in [9.17, 15) is 14.7 Å². The van der Waals surface area contributed by atoms with E-state index in [0.717, 1.165) is 19.6 Å². The van der Waals surface area contributed by atoms with Gasteiger partial charge in [-0.1, -0.05) is 60.7 Å².